The highest BCUT2D eigenvalue weighted by molar-refractivity contribution is 6.13. The van der Waals surface area contributed by atoms with Gasteiger partial charge < -0.3 is 5.32 Å². The molecule has 19 heavy (non-hydrogen) atoms. The highest BCUT2D eigenvalue weighted by Crippen LogP contribution is 2.19. The van der Waals surface area contributed by atoms with Gasteiger partial charge in [0.1, 0.15) is 0 Å². The second-order valence-electron chi connectivity index (χ2n) is 4.53. The lowest BCUT2D eigenvalue weighted by Gasteiger charge is -2.03. The van der Waals surface area contributed by atoms with E-state index in [1.54, 1.807) is 12.3 Å². The van der Waals surface area contributed by atoms with Crippen molar-refractivity contribution in [2.45, 2.75) is 19.8 Å². The Morgan fingerprint density at radius 3 is 2.79 bits per heavy atom. The quantitative estimate of drug-likeness (QED) is 0.480. The average Bonchev–Trinajstić information content (AvgIpc) is 2.46. The standard InChI is InChI=1S/C17H19NO/c1-2-3-12-18-13-11-17(19)16-10-6-8-14-7-4-5-9-15(14)16/h4-11,13,18H,2-3,12H2,1H3/b13-11+. The van der Waals surface area contributed by atoms with Gasteiger partial charge in [-0.05, 0) is 17.2 Å². The lowest BCUT2D eigenvalue weighted by molar-refractivity contribution is 0.104. The van der Waals surface area contributed by atoms with Crippen molar-refractivity contribution in [1.82, 2.24) is 5.32 Å². The van der Waals surface area contributed by atoms with Crippen molar-refractivity contribution in [3.05, 3.63) is 60.3 Å². The van der Waals surface area contributed by atoms with Crippen molar-refractivity contribution in [3.8, 4) is 0 Å². The molecule has 0 saturated heterocycles. The number of fused-ring (bicyclic) bond motifs is 1. The normalized spacial score (nSPS) is 11.0. The van der Waals surface area contributed by atoms with Crippen molar-refractivity contribution >= 4 is 16.6 Å². The van der Waals surface area contributed by atoms with Crippen molar-refractivity contribution in [3.63, 3.8) is 0 Å². The zero-order valence-electron chi connectivity index (χ0n) is 11.2. The first kappa shape index (κ1) is 13.3. The number of rotatable bonds is 6. The van der Waals surface area contributed by atoms with E-state index in [1.807, 2.05) is 42.5 Å². The van der Waals surface area contributed by atoms with Crippen LogP contribution in [0.15, 0.2) is 54.7 Å². The molecular weight excluding hydrogens is 234 g/mol. The maximum Gasteiger partial charge on any atom is 0.187 e. The first-order valence-corrected chi connectivity index (χ1v) is 6.75. The lowest BCUT2D eigenvalue weighted by Crippen LogP contribution is -2.07. The molecule has 0 spiro atoms. The van der Waals surface area contributed by atoms with Crippen LogP contribution >= 0.6 is 0 Å². The van der Waals surface area contributed by atoms with Gasteiger partial charge in [0.05, 0.1) is 0 Å². The van der Waals surface area contributed by atoms with Crippen LogP contribution in [0.5, 0.6) is 0 Å². The summed E-state index contributed by atoms with van der Waals surface area (Å²) in [6, 6.07) is 13.8. The third-order valence-electron chi connectivity index (χ3n) is 3.08. The van der Waals surface area contributed by atoms with Gasteiger partial charge in [0.25, 0.3) is 0 Å². The van der Waals surface area contributed by atoms with Crippen LogP contribution in [0, 0.1) is 0 Å². The molecule has 0 fully saturated rings. The smallest absolute Gasteiger partial charge is 0.187 e. The fraction of sp³-hybridized carbons (Fsp3) is 0.235. The summed E-state index contributed by atoms with van der Waals surface area (Å²) in [7, 11) is 0. The summed E-state index contributed by atoms with van der Waals surface area (Å²) in [4.78, 5) is 12.2. The van der Waals surface area contributed by atoms with E-state index in [9.17, 15) is 4.79 Å². The van der Waals surface area contributed by atoms with Gasteiger partial charge in [-0.3, -0.25) is 4.79 Å². The zero-order valence-corrected chi connectivity index (χ0v) is 11.2. The van der Waals surface area contributed by atoms with Crippen LogP contribution in [-0.4, -0.2) is 12.3 Å². The van der Waals surface area contributed by atoms with Crippen molar-refractivity contribution < 1.29 is 4.79 Å². The molecule has 0 amide bonds. The number of carbonyl (C=O) groups is 1. The zero-order chi connectivity index (χ0) is 13.5. The minimum absolute atomic E-state index is 0.0424. The third kappa shape index (κ3) is 3.44. The number of nitrogens with one attached hydrogen (secondary N) is 1. The Hall–Kier alpha value is -2.09. The topological polar surface area (TPSA) is 29.1 Å². The molecule has 0 atom stereocenters. The minimum Gasteiger partial charge on any atom is -0.391 e. The Bertz CT molecular complexity index is 581. The average molecular weight is 253 g/mol. The Morgan fingerprint density at radius 2 is 1.95 bits per heavy atom. The number of ketones is 1. The van der Waals surface area contributed by atoms with Crippen LogP contribution in [0.25, 0.3) is 10.8 Å². The molecule has 0 aliphatic rings. The van der Waals surface area contributed by atoms with Crippen molar-refractivity contribution in [1.29, 1.82) is 0 Å². The number of benzene rings is 2. The van der Waals surface area contributed by atoms with Gasteiger partial charge >= 0.3 is 0 Å². The van der Waals surface area contributed by atoms with Gasteiger partial charge in [0, 0.05) is 24.4 Å². The van der Waals surface area contributed by atoms with Crippen LogP contribution in [0.4, 0.5) is 0 Å². The van der Waals surface area contributed by atoms with Crippen molar-refractivity contribution in [2.24, 2.45) is 0 Å². The number of allylic oxidation sites excluding steroid dienone is 1. The Morgan fingerprint density at radius 1 is 1.16 bits per heavy atom. The molecule has 2 nitrogen and oxygen atoms in total. The summed E-state index contributed by atoms with van der Waals surface area (Å²) >= 11 is 0. The Labute approximate surface area is 114 Å². The molecular formula is C17H19NO. The van der Waals surface area contributed by atoms with E-state index < -0.39 is 0 Å². The monoisotopic (exact) mass is 253 g/mol. The van der Waals surface area contributed by atoms with Crippen molar-refractivity contribution in [2.75, 3.05) is 6.54 Å². The van der Waals surface area contributed by atoms with E-state index in [0.717, 1.165) is 35.7 Å². The molecule has 0 aliphatic heterocycles. The number of hydrogen-bond acceptors (Lipinski definition) is 2. The highest BCUT2D eigenvalue weighted by Gasteiger charge is 2.05. The molecule has 0 aliphatic carbocycles. The predicted molar refractivity (Wildman–Crippen MR) is 80.3 cm³/mol. The summed E-state index contributed by atoms with van der Waals surface area (Å²) in [5.41, 5.74) is 0.756. The fourth-order valence-corrected chi connectivity index (χ4v) is 2.03. The molecule has 1 N–H and O–H groups in total. The van der Waals surface area contributed by atoms with Crippen LogP contribution in [-0.2, 0) is 0 Å². The molecule has 0 radical (unpaired) electrons. The van der Waals surface area contributed by atoms with Crippen LogP contribution < -0.4 is 5.32 Å². The van der Waals surface area contributed by atoms with Crippen LogP contribution in [0.1, 0.15) is 30.1 Å². The minimum atomic E-state index is 0.0424. The maximum atomic E-state index is 12.2. The predicted octanol–water partition coefficient (Wildman–Crippen LogP) is 3.93. The number of unbranched alkanes of at least 4 members (excludes halogenated alkanes) is 1. The molecule has 2 aromatic rings. The van der Waals surface area contributed by atoms with Gasteiger partial charge in [-0.15, -0.1) is 0 Å². The lowest BCUT2D eigenvalue weighted by atomic mass is 10.0. The van der Waals surface area contributed by atoms with Gasteiger partial charge in [0.15, 0.2) is 5.78 Å². The van der Waals surface area contributed by atoms with Crippen LogP contribution in [0.3, 0.4) is 0 Å². The summed E-state index contributed by atoms with van der Waals surface area (Å²) in [5, 5.41) is 5.24. The Balaban J connectivity index is 2.13. The number of hydrogen-bond donors (Lipinski definition) is 1. The molecule has 0 bridgehead atoms. The van der Waals surface area contributed by atoms with Gasteiger partial charge in [-0.2, -0.15) is 0 Å². The molecule has 2 rings (SSSR count). The fourth-order valence-electron chi connectivity index (χ4n) is 2.03. The second-order valence-corrected chi connectivity index (χ2v) is 4.53. The summed E-state index contributed by atoms with van der Waals surface area (Å²) in [6.45, 7) is 3.06. The first-order chi connectivity index (χ1) is 9.33. The molecule has 98 valence electrons. The van der Waals surface area contributed by atoms with E-state index in [4.69, 9.17) is 0 Å². The summed E-state index contributed by atoms with van der Waals surface area (Å²) in [6.07, 6.45) is 5.63. The Kier molecular flexibility index (Phi) is 4.73. The number of carbonyl (C=O) groups excluding carboxylic acids is 1. The summed E-state index contributed by atoms with van der Waals surface area (Å²) in [5.74, 6) is 0.0424. The van der Waals surface area contributed by atoms with Gasteiger partial charge in [-0.25, -0.2) is 0 Å². The molecule has 0 aromatic heterocycles. The van der Waals surface area contributed by atoms with Gasteiger partial charge in [-0.1, -0.05) is 55.8 Å². The second kappa shape index (κ2) is 6.74. The molecule has 0 heterocycles. The van der Waals surface area contributed by atoms with E-state index >= 15 is 0 Å². The van der Waals surface area contributed by atoms with E-state index in [2.05, 4.69) is 12.2 Å². The van der Waals surface area contributed by atoms with Crippen LogP contribution in [0.2, 0.25) is 0 Å². The molecule has 0 unspecified atom stereocenters. The van der Waals surface area contributed by atoms with E-state index in [0.29, 0.717) is 0 Å². The van der Waals surface area contributed by atoms with Gasteiger partial charge in [0.2, 0.25) is 0 Å². The van der Waals surface area contributed by atoms with E-state index in [1.165, 1.54) is 0 Å². The highest BCUT2D eigenvalue weighted by atomic mass is 16.1. The van der Waals surface area contributed by atoms with E-state index in [-0.39, 0.29) is 5.78 Å². The molecule has 2 heteroatoms. The maximum absolute atomic E-state index is 12.2. The molecule has 0 saturated carbocycles. The molecule has 2 aromatic carbocycles. The summed E-state index contributed by atoms with van der Waals surface area (Å²) < 4.78 is 0. The SMILES string of the molecule is CCCCN/C=C/C(=O)c1cccc2ccccc12. The largest absolute Gasteiger partial charge is 0.391 e. The first-order valence-electron chi connectivity index (χ1n) is 6.75. The third-order valence-corrected chi connectivity index (χ3v) is 3.08.